The van der Waals surface area contributed by atoms with Gasteiger partial charge >= 0.3 is 0 Å². The van der Waals surface area contributed by atoms with E-state index in [1.54, 1.807) is 13.0 Å². The molecule has 0 spiro atoms. The number of carbonyl (C=O) groups is 2. The second kappa shape index (κ2) is 8.35. The molecule has 1 saturated heterocycles. The van der Waals surface area contributed by atoms with E-state index < -0.39 is 21.5 Å². The van der Waals surface area contributed by atoms with Crippen LogP contribution in [-0.2, 0) is 19.6 Å². The molecule has 0 aromatic heterocycles. The molecule has 160 valence electrons. The van der Waals surface area contributed by atoms with Gasteiger partial charge in [0.25, 0.3) is 0 Å². The van der Waals surface area contributed by atoms with Gasteiger partial charge in [-0.25, -0.2) is 8.42 Å². The second-order valence-electron chi connectivity index (χ2n) is 8.28. The summed E-state index contributed by atoms with van der Waals surface area (Å²) in [5.74, 6) is -0.726. The quantitative estimate of drug-likeness (QED) is 0.709. The summed E-state index contributed by atoms with van der Waals surface area (Å²) in [6.07, 6.45) is 6.16. The maximum atomic E-state index is 13.4. The zero-order chi connectivity index (χ0) is 21.4. The summed E-state index contributed by atoms with van der Waals surface area (Å²) in [6.45, 7) is 3.20. The van der Waals surface area contributed by atoms with Gasteiger partial charge in [-0.1, -0.05) is 35.2 Å². The highest BCUT2D eigenvalue weighted by Crippen LogP contribution is 2.33. The van der Waals surface area contributed by atoms with Crippen LogP contribution in [0.15, 0.2) is 22.7 Å². The van der Waals surface area contributed by atoms with Crippen LogP contribution in [0, 0.1) is 6.92 Å². The highest BCUT2D eigenvalue weighted by molar-refractivity contribution is 9.10. The lowest BCUT2D eigenvalue weighted by Crippen LogP contribution is -2.70. The summed E-state index contributed by atoms with van der Waals surface area (Å²) in [6, 6.07) is 5.51. The summed E-state index contributed by atoms with van der Waals surface area (Å²) in [4.78, 5) is 28.0. The molecule has 0 bridgehead atoms. The minimum absolute atomic E-state index is 0.0605. The van der Waals surface area contributed by atoms with Crippen molar-refractivity contribution in [3.8, 4) is 0 Å². The van der Waals surface area contributed by atoms with Crippen molar-refractivity contribution in [2.45, 2.75) is 57.5 Å². The van der Waals surface area contributed by atoms with E-state index in [0.29, 0.717) is 5.69 Å². The van der Waals surface area contributed by atoms with Crippen LogP contribution in [0.4, 0.5) is 5.69 Å². The SMILES string of the molecule is Cc1cc(N2C(=O)CN(S(C)(=O)=O)C[C@@]2(C)C(=O)NC2CCCCC2)ccc1Br. The maximum absolute atomic E-state index is 13.4. The molecular formula is C20H28BrN3O4S. The predicted octanol–water partition coefficient (Wildman–Crippen LogP) is 2.57. The third-order valence-corrected chi connectivity index (χ3v) is 7.92. The molecule has 1 aliphatic heterocycles. The number of carbonyl (C=O) groups excluding carboxylic acids is 2. The minimum Gasteiger partial charge on any atom is -0.351 e. The number of sulfonamides is 1. The fourth-order valence-electron chi connectivity index (χ4n) is 4.16. The van der Waals surface area contributed by atoms with E-state index in [9.17, 15) is 18.0 Å². The molecule has 1 atom stereocenters. The Morgan fingerprint density at radius 1 is 1.24 bits per heavy atom. The molecule has 0 unspecified atom stereocenters. The average Bonchev–Trinajstić information content (AvgIpc) is 2.64. The van der Waals surface area contributed by atoms with Gasteiger partial charge in [0.1, 0.15) is 5.54 Å². The first-order valence-electron chi connectivity index (χ1n) is 9.87. The van der Waals surface area contributed by atoms with Crippen molar-refractivity contribution >= 4 is 43.5 Å². The minimum atomic E-state index is -3.62. The Kier molecular flexibility index (Phi) is 6.41. The van der Waals surface area contributed by atoms with Crippen molar-refractivity contribution in [3.63, 3.8) is 0 Å². The fraction of sp³-hybridized carbons (Fsp3) is 0.600. The van der Waals surface area contributed by atoms with E-state index in [-0.39, 0.29) is 25.0 Å². The molecule has 1 saturated carbocycles. The van der Waals surface area contributed by atoms with Crippen molar-refractivity contribution < 1.29 is 18.0 Å². The van der Waals surface area contributed by atoms with Crippen molar-refractivity contribution in [2.75, 3.05) is 24.2 Å². The smallest absolute Gasteiger partial charge is 0.247 e. The summed E-state index contributed by atoms with van der Waals surface area (Å²) < 4.78 is 26.4. The Hall–Kier alpha value is -1.45. The first kappa shape index (κ1) is 22.2. The van der Waals surface area contributed by atoms with E-state index in [0.717, 1.165) is 52.7 Å². The van der Waals surface area contributed by atoms with Crippen LogP contribution in [0.5, 0.6) is 0 Å². The largest absolute Gasteiger partial charge is 0.351 e. The van der Waals surface area contributed by atoms with Crippen molar-refractivity contribution in [2.24, 2.45) is 0 Å². The van der Waals surface area contributed by atoms with E-state index in [2.05, 4.69) is 21.2 Å². The van der Waals surface area contributed by atoms with Crippen LogP contribution in [-0.4, -0.2) is 55.5 Å². The Bertz CT molecular complexity index is 914. The number of nitrogens with zero attached hydrogens (tertiary/aromatic N) is 2. The second-order valence-corrected chi connectivity index (χ2v) is 11.1. The third kappa shape index (κ3) is 4.67. The lowest BCUT2D eigenvalue weighted by Gasteiger charge is -2.47. The number of benzene rings is 1. The van der Waals surface area contributed by atoms with Gasteiger partial charge in [0, 0.05) is 22.7 Å². The Balaban J connectivity index is 1.99. The number of anilines is 1. The summed E-state index contributed by atoms with van der Waals surface area (Å²) in [7, 11) is -3.62. The number of nitrogens with one attached hydrogen (secondary N) is 1. The summed E-state index contributed by atoms with van der Waals surface area (Å²) in [5, 5.41) is 3.08. The van der Waals surface area contributed by atoms with Crippen molar-refractivity contribution in [1.82, 2.24) is 9.62 Å². The van der Waals surface area contributed by atoms with Crippen LogP contribution < -0.4 is 10.2 Å². The summed E-state index contributed by atoms with van der Waals surface area (Å²) in [5.41, 5.74) is 0.178. The lowest BCUT2D eigenvalue weighted by molar-refractivity contribution is -0.133. The standard InChI is InChI=1S/C20H28BrN3O4S/c1-14-11-16(9-10-17(14)21)24-18(25)12-23(29(3,27)28)13-20(24,2)19(26)22-15-7-5-4-6-8-15/h9-11,15H,4-8,12-13H2,1-3H3,(H,22,26)/t20-/m0/s1. The zero-order valence-corrected chi connectivity index (χ0v) is 19.5. The first-order chi connectivity index (χ1) is 13.5. The monoisotopic (exact) mass is 485 g/mol. The molecule has 1 aromatic rings. The van der Waals surface area contributed by atoms with Gasteiger partial charge in [-0.15, -0.1) is 0 Å². The molecule has 7 nitrogen and oxygen atoms in total. The van der Waals surface area contributed by atoms with Gasteiger partial charge in [0.05, 0.1) is 12.8 Å². The van der Waals surface area contributed by atoms with Gasteiger partial charge in [0.2, 0.25) is 21.8 Å². The zero-order valence-electron chi connectivity index (χ0n) is 17.1. The number of halogens is 1. The van der Waals surface area contributed by atoms with Gasteiger partial charge in [0.15, 0.2) is 0 Å². The van der Waals surface area contributed by atoms with E-state index in [1.165, 1.54) is 4.90 Å². The molecular weight excluding hydrogens is 458 g/mol. The van der Waals surface area contributed by atoms with E-state index in [4.69, 9.17) is 0 Å². The van der Waals surface area contributed by atoms with Crippen LogP contribution in [0.25, 0.3) is 0 Å². The number of hydrogen-bond donors (Lipinski definition) is 1. The summed E-state index contributed by atoms with van der Waals surface area (Å²) >= 11 is 3.46. The highest BCUT2D eigenvalue weighted by Gasteiger charge is 2.50. The number of rotatable bonds is 4. The Labute approximate surface area is 181 Å². The predicted molar refractivity (Wildman–Crippen MR) is 116 cm³/mol. The Morgan fingerprint density at radius 2 is 1.90 bits per heavy atom. The fourth-order valence-corrected chi connectivity index (χ4v) is 5.24. The average molecular weight is 486 g/mol. The van der Waals surface area contributed by atoms with Crippen molar-refractivity contribution in [3.05, 3.63) is 28.2 Å². The molecule has 1 aliphatic carbocycles. The van der Waals surface area contributed by atoms with Gasteiger partial charge in [-0.2, -0.15) is 4.31 Å². The highest BCUT2D eigenvalue weighted by atomic mass is 79.9. The molecule has 2 fully saturated rings. The normalized spacial score (nSPS) is 24.6. The van der Waals surface area contributed by atoms with Gasteiger partial charge in [-0.05, 0) is 50.5 Å². The topological polar surface area (TPSA) is 86.8 Å². The molecule has 29 heavy (non-hydrogen) atoms. The molecule has 2 amide bonds. The lowest BCUT2D eigenvalue weighted by atomic mass is 9.91. The molecule has 1 N–H and O–H groups in total. The molecule has 1 aromatic carbocycles. The van der Waals surface area contributed by atoms with Crippen molar-refractivity contribution in [1.29, 1.82) is 0 Å². The Morgan fingerprint density at radius 3 is 2.48 bits per heavy atom. The van der Waals surface area contributed by atoms with Gasteiger partial charge in [-0.3, -0.25) is 14.5 Å². The third-order valence-electron chi connectivity index (χ3n) is 5.84. The van der Waals surface area contributed by atoms with Gasteiger partial charge < -0.3 is 5.32 Å². The number of piperazine rings is 1. The molecule has 3 rings (SSSR count). The molecule has 1 heterocycles. The van der Waals surface area contributed by atoms with Crippen LogP contribution >= 0.6 is 15.9 Å². The first-order valence-corrected chi connectivity index (χ1v) is 12.5. The van der Waals surface area contributed by atoms with Crippen LogP contribution in [0.3, 0.4) is 0 Å². The number of amides is 2. The van der Waals surface area contributed by atoms with Crippen LogP contribution in [0.2, 0.25) is 0 Å². The molecule has 9 heteroatoms. The number of aryl methyl sites for hydroxylation is 1. The van der Waals surface area contributed by atoms with E-state index >= 15 is 0 Å². The van der Waals surface area contributed by atoms with E-state index in [1.807, 2.05) is 19.1 Å². The molecule has 0 radical (unpaired) electrons. The van der Waals surface area contributed by atoms with Crippen LogP contribution in [0.1, 0.15) is 44.6 Å². The molecule has 2 aliphatic rings. The number of hydrogen-bond acceptors (Lipinski definition) is 4. The maximum Gasteiger partial charge on any atom is 0.247 e.